The number of hydrogen-bond donors (Lipinski definition) is 4. The molecule has 0 radical (unpaired) electrons. The minimum atomic E-state index is -1.27. The van der Waals surface area contributed by atoms with E-state index in [1.54, 1.807) is 39.0 Å². The van der Waals surface area contributed by atoms with E-state index in [2.05, 4.69) is 16.0 Å². The molecule has 0 bridgehead atoms. The average molecular weight is 507 g/mol. The number of amides is 4. The van der Waals surface area contributed by atoms with E-state index in [1.807, 2.05) is 0 Å². The van der Waals surface area contributed by atoms with Gasteiger partial charge in [-0.15, -0.1) is 0 Å². The van der Waals surface area contributed by atoms with Gasteiger partial charge >= 0.3 is 6.09 Å². The van der Waals surface area contributed by atoms with Gasteiger partial charge in [0.25, 0.3) is 5.91 Å². The third-order valence-electron chi connectivity index (χ3n) is 5.48. The van der Waals surface area contributed by atoms with E-state index in [1.165, 1.54) is 0 Å². The third kappa shape index (κ3) is 7.15. The molecule has 1 aromatic carbocycles. The molecule has 36 heavy (non-hydrogen) atoms. The molecule has 2 heterocycles. The highest BCUT2D eigenvalue weighted by molar-refractivity contribution is 6.08. The van der Waals surface area contributed by atoms with Gasteiger partial charge in [0.05, 0.1) is 32.0 Å². The number of benzene rings is 1. The number of ether oxygens (including phenoxy) is 3. The van der Waals surface area contributed by atoms with Crippen molar-refractivity contribution in [1.29, 1.82) is 0 Å². The fourth-order valence-corrected chi connectivity index (χ4v) is 3.94. The second kappa shape index (κ2) is 12.2. The third-order valence-corrected chi connectivity index (χ3v) is 5.48. The van der Waals surface area contributed by atoms with Gasteiger partial charge < -0.3 is 30.0 Å². The predicted molar refractivity (Wildman–Crippen MR) is 128 cm³/mol. The zero-order valence-corrected chi connectivity index (χ0v) is 20.8. The number of carbonyl (C=O) groups is 4. The van der Waals surface area contributed by atoms with Crippen LogP contribution >= 0.6 is 0 Å². The van der Waals surface area contributed by atoms with Crippen molar-refractivity contribution in [1.82, 2.24) is 15.5 Å². The van der Waals surface area contributed by atoms with Crippen LogP contribution < -0.4 is 16.0 Å². The number of imide groups is 1. The Morgan fingerprint density at radius 2 is 1.81 bits per heavy atom. The Hall–Kier alpha value is -3.22. The van der Waals surface area contributed by atoms with Crippen LogP contribution in [-0.2, 0) is 23.8 Å². The first kappa shape index (κ1) is 27.4. The molecule has 12 nitrogen and oxygen atoms in total. The maximum atomic E-state index is 13.1. The maximum Gasteiger partial charge on any atom is 0.407 e. The summed E-state index contributed by atoms with van der Waals surface area (Å²) in [6, 6.07) is 4.16. The van der Waals surface area contributed by atoms with Crippen molar-refractivity contribution in [2.24, 2.45) is 0 Å². The molecule has 0 spiro atoms. The minimum Gasteiger partial charge on any atom is -0.444 e. The van der Waals surface area contributed by atoms with Crippen molar-refractivity contribution < 1.29 is 38.5 Å². The Bertz CT molecular complexity index is 977. The summed E-state index contributed by atoms with van der Waals surface area (Å²) in [5.74, 6) is -1.44. The maximum absolute atomic E-state index is 13.1. The van der Waals surface area contributed by atoms with E-state index in [0.717, 1.165) is 4.90 Å². The summed E-state index contributed by atoms with van der Waals surface area (Å²) < 4.78 is 16.1. The van der Waals surface area contributed by atoms with Crippen molar-refractivity contribution in [3.05, 3.63) is 29.3 Å². The molecule has 0 aliphatic carbocycles. The monoisotopic (exact) mass is 506 g/mol. The Morgan fingerprint density at radius 3 is 2.47 bits per heavy atom. The number of aliphatic hydroxyl groups excluding tert-OH is 1. The first-order valence-corrected chi connectivity index (χ1v) is 11.9. The van der Waals surface area contributed by atoms with Crippen LogP contribution in [-0.4, -0.2) is 85.0 Å². The molecule has 0 saturated carbocycles. The van der Waals surface area contributed by atoms with E-state index in [9.17, 15) is 24.3 Å². The van der Waals surface area contributed by atoms with Crippen molar-refractivity contribution in [2.75, 3.05) is 44.8 Å². The first-order chi connectivity index (χ1) is 17.1. The molecule has 4 amide bonds. The molecular formula is C24H34N4O8. The highest BCUT2D eigenvalue weighted by atomic mass is 16.6. The molecular weight excluding hydrogens is 472 g/mol. The van der Waals surface area contributed by atoms with Crippen LogP contribution in [0.25, 0.3) is 0 Å². The number of carbonyl (C=O) groups excluding carboxylic acids is 4. The SMILES string of the molecule is CC(C)(C)OC(=O)NCCOCCOCCNc1cccc2c1C(=O)N(C1CCC(=O)NC1=O)C2O. The summed E-state index contributed by atoms with van der Waals surface area (Å²) >= 11 is 0. The number of rotatable bonds is 11. The van der Waals surface area contributed by atoms with Gasteiger partial charge in [0.2, 0.25) is 11.8 Å². The van der Waals surface area contributed by atoms with E-state index in [0.29, 0.717) is 56.3 Å². The molecule has 4 N–H and O–H groups in total. The second-order valence-electron chi connectivity index (χ2n) is 9.40. The van der Waals surface area contributed by atoms with Crippen LogP contribution in [0.1, 0.15) is 55.8 Å². The number of aliphatic hydroxyl groups is 1. The summed E-state index contributed by atoms with van der Waals surface area (Å²) in [4.78, 5) is 49.5. The van der Waals surface area contributed by atoms with E-state index < -0.39 is 35.8 Å². The van der Waals surface area contributed by atoms with Crippen LogP contribution in [0.2, 0.25) is 0 Å². The average Bonchev–Trinajstić information content (AvgIpc) is 3.05. The Balaban J connectivity index is 1.37. The van der Waals surface area contributed by atoms with Gasteiger partial charge in [-0.25, -0.2) is 4.79 Å². The minimum absolute atomic E-state index is 0.107. The number of anilines is 1. The second-order valence-corrected chi connectivity index (χ2v) is 9.40. The van der Waals surface area contributed by atoms with Crippen LogP contribution in [0.15, 0.2) is 18.2 Å². The lowest BCUT2D eigenvalue weighted by Gasteiger charge is -2.31. The molecule has 2 aliphatic rings. The number of piperidine rings is 1. The summed E-state index contributed by atoms with van der Waals surface area (Å²) in [7, 11) is 0. The molecule has 3 rings (SSSR count). The van der Waals surface area contributed by atoms with Gasteiger partial charge in [-0.3, -0.25) is 24.6 Å². The lowest BCUT2D eigenvalue weighted by atomic mass is 10.0. The van der Waals surface area contributed by atoms with Gasteiger partial charge in [0, 0.05) is 30.8 Å². The zero-order valence-electron chi connectivity index (χ0n) is 20.8. The molecule has 1 saturated heterocycles. The Morgan fingerprint density at radius 1 is 1.11 bits per heavy atom. The molecule has 1 aromatic rings. The fraction of sp³-hybridized carbons (Fsp3) is 0.583. The van der Waals surface area contributed by atoms with Crippen molar-refractivity contribution in [2.45, 2.75) is 51.5 Å². The first-order valence-electron chi connectivity index (χ1n) is 11.9. The molecule has 2 atom stereocenters. The zero-order chi connectivity index (χ0) is 26.3. The van der Waals surface area contributed by atoms with Crippen LogP contribution in [0.4, 0.5) is 10.5 Å². The number of alkyl carbamates (subject to hydrolysis) is 1. The van der Waals surface area contributed by atoms with Gasteiger partial charge in [-0.1, -0.05) is 12.1 Å². The molecule has 12 heteroatoms. The van der Waals surface area contributed by atoms with Crippen LogP contribution in [0.3, 0.4) is 0 Å². The van der Waals surface area contributed by atoms with Crippen molar-refractivity contribution >= 4 is 29.5 Å². The van der Waals surface area contributed by atoms with Gasteiger partial charge in [0.15, 0.2) is 6.23 Å². The quantitative estimate of drug-likeness (QED) is 0.253. The number of hydrogen-bond acceptors (Lipinski definition) is 9. The van der Waals surface area contributed by atoms with Gasteiger partial charge in [-0.05, 0) is 33.3 Å². The van der Waals surface area contributed by atoms with E-state index in [-0.39, 0.29) is 18.7 Å². The molecule has 2 aliphatic heterocycles. The molecule has 198 valence electrons. The van der Waals surface area contributed by atoms with Crippen molar-refractivity contribution in [3.63, 3.8) is 0 Å². The van der Waals surface area contributed by atoms with Crippen LogP contribution in [0, 0.1) is 0 Å². The molecule has 2 unspecified atom stereocenters. The summed E-state index contributed by atoms with van der Waals surface area (Å²) in [6.45, 7) is 7.46. The van der Waals surface area contributed by atoms with Gasteiger partial charge in [-0.2, -0.15) is 0 Å². The predicted octanol–water partition coefficient (Wildman–Crippen LogP) is 0.908. The van der Waals surface area contributed by atoms with Gasteiger partial charge in [0.1, 0.15) is 11.6 Å². The van der Waals surface area contributed by atoms with Crippen molar-refractivity contribution in [3.8, 4) is 0 Å². The summed E-state index contributed by atoms with van der Waals surface area (Å²) in [5.41, 5.74) is 0.686. The summed E-state index contributed by atoms with van der Waals surface area (Å²) in [6.07, 6.45) is -1.49. The topological polar surface area (TPSA) is 156 Å². The number of nitrogens with one attached hydrogen (secondary N) is 3. The van der Waals surface area contributed by atoms with E-state index in [4.69, 9.17) is 14.2 Å². The standard InChI is InChI=1S/C24H34N4O8/c1-24(2,3)36-23(33)26-10-12-35-14-13-34-11-9-25-16-6-4-5-15-19(16)22(32)28(21(15)31)17-7-8-18(29)27-20(17)30/h4-6,17,21,25,31H,7-14H2,1-3H3,(H,26,33)(H,27,29,30). The molecule has 0 aromatic heterocycles. The normalized spacial score (nSPS) is 19.7. The highest BCUT2D eigenvalue weighted by Gasteiger charge is 2.45. The van der Waals surface area contributed by atoms with E-state index >= 15 is 0 Å². The highest BCUT2D eigenvalue weighted by Crippen LogP contribution is 2.38. The largest absolute Gasteiger partial charge is 0.444 e. The smallest absolute Gasteiger partial charge is 0.407 e. The lowest BCUT2D eigenvalue weighted by Crippen LogP contribution is -2.53. The molecule has 1 fully saturated rings. The fourth-order valence-electron chi connectivity index (χ4n) is 3.94. The lowest BCUT2D eigenvalue weighted by molar-refractivity contribution is -0.139. The number of fused-ring (bicyclic) bond motifs is 1. The van der Waals surface area contributed by atoms with Crippen LogP contribution in [0.5, 0.6) is 0 Å². The Kier molecular flexibility index (Phi) is 9.24. The number of nitrogens with zero attached hydrogens (tertiary/aromatic N) is 1. The summed E-state index contributed by atoms with van der Waals surface area (Å²) in [5, 5.41) is 18.7. The Labute approximate surface area is 209 Å².